The zero-order valence-electron chi connectivity index (χ0n) is 10.8. The smallest absolute Gasteiger partial charge is 0.255 e. The average Bonchev–Trinajstić information content (AvgIpc) is 2.35. The van der Waals surface area contributed by atoms with Crippen molar-refractivity contribution in [2.24, 2.45) is 0 Å². The van der Waals surface area contributed by atoms with Crippen LogP contribution in [0.2, 0.25) is 0 Å². The highest BCUT2D eigenvalue weighted by Crippen LogP contribution is 2.28. The van der Waals surface area contributed by atoms with Gasteiger partial charge >= 0.3 is 0 Å². The first-order valence-corrected chi connectivity index (χ1v) is 5.64. The number of ether oxygens (including phenoxy) is 2. The number of carbonyl (C=O) groups excluding carboxylic acids is 1. The lowest BCUT2D eigenvalue weighted by Gasteiger charge is -2.12. The molecule has 4 nitrogen and oxygen atoms in total. The summed E-state index contributed by atoms with van der Waals surface area (Å²) in [4.78, 5) is 11.9. The Hall–Kier alpha value is -1.71. The largest absolute Gasteiger partial charge is 0.496 e. The number of methoxy groups -OCH3 is 2. The minimum absolute atomic E-state index is 0.137. The Balaban J connectivity index is 3.07. The average molecular weight is 237 g/mol. The number of carbonyl (C=O) groups is 1. The van der Waals surface area contributed by atoms with Crippen LogP contribution in [0.1, 0.15) is 29.3 Å². The second kappa shape index (κ2) is 6.13. The molecular weight excluding hydrogens is 218 g/mol. The fourth-order valence-corrected chi connectivity index (χ4v) is 1.56. The van der Waals surface area contributed by atoms with Gasteiger partial charge in [0.15, 0.2) is 0 Å². The molecule has 0 saturated carbocycles. The molecule has 0 fully saturated rings. The van der Waals surface area contributed by atoms with Crippen LogP contribution in [0.4, 0.5) is 0 Å². The van der Waals surface area contributed by atoms with Crippen LogP contribution in [0.15, 0.2) is 12.1 Å². The van der Waals surface area contributed by atoms with Crippen molar-refractivity contribution < 1.29 is 14.3 Å². The van der Waals surface area contributed by atoms with E-state index in [4.69, 9.17) is 9.47 Å². The van der Waals surface area contributed by atoms with Gasteiger partial charge in [-0.05, 0) is 31.0 Å². The maximum atomic E-state index is 11.9. The summed E-state index contributed by atoms with van der Waals surface area (Å²) in [6.07, 6.45) is 0.900. The molecule has 0 aliphatic carbocycles. The highest BCUT2D eigenvalue weighted by atomic mass is 16.5. The lowest BCUT2D eigenvalue weighted by molar-refractivity contribution is 0.0950. The van der Waals surface area contributed by atoms with Crippen molar-refractivity contribution in [3.8, 4) is 11.5 Å². The van der Waals surface area contributed by atoms with Gasteiger partial charge in [-0.2, -0.15) is 0 Å². The van der Waals surface area contributed by atoms with Gasteiger partial charge < -0.3 is 14.8 Å². The van der Waals surface area contributed by atoms with E-state index in [1.54, 1.807) is 26.4 Å². The molecule has 0 heterocycles. The van der Waals surface area contributed by atoms with Crippen molar-refractivity contribution in [1.82, 2.24) is 5.32 Å². The maximum absolute atomic E-state index is 11.9. The van der Waals surface area contributed by atoms with E-state index in [0.717, 1.165) is 12.0 Å². The predicted molar refractivity (Wildman–Crippen MR) is 66.9 cm³/mol. The molecule has 0 bridgehead atoms. The van der Waals surface area contributed by atoms with Crippen LogP contribution < -0.4 is 14.8 Å². The lowest BCUT2D eigenvalue weighted by Crippen LogP contribution is -2.24. The van der Waals surface area contributed by atoms with Crippen LogP contribution in [0.5, 0.6) is 11.5 Å². The standard InChI is InChI=1S/C13H19NO3/c1-5-6-14-13(15)10-8-11(16-3)9(2)7-12(10)17-4/h7-8H,5-6H2,1-4H3,(H,14,15). The third-order valence-corrected chi connectivity index (χ3v) is 2.50. The second-order valence-corrected chi connectivity index (χ2v) is 3.78. The van der Waals surface area contributed by atoms with E-state index in [9.17, 15) is 4.79 Å². The molecule has 0 aliphatic rings. The summed E-state index contributed by atoms with van der Waals surface area (Å²) in [5.41, 5.74) is 1.44. The van der Waals surface area contributed by atoms with E-state index in [2.05, 4.69) is 5.32 Å². The Morgan fingerprint density at radius 3 is 2.41 bits per heavy atom. The Labute approximate surface area is 102 Å². The van der Waals surface area contributed by atoms with Gasteiger partial charge in [0.1, 0.15) is 11.5 Å². The monoisotopic (exact) mass is 237 g/mol. The molecule has 17 heavy (non-hydrogen) atoms. The minimum Gasteiger partial charge on any atom is -0.496 e. The molecule has 0 unspecified atom stereocenters. The van der Waals surface area contributed by atoms with Gasteiger partial charge in [-0.1, -0.05) is 6.92 Å². The molecule has 0 spiro atoms. The van der Waals surface area contributed by atoms with Crippen LogP contribution in [0, 0.1) is 6.92 Å². The number of hydrogen-bond donors (Lipinski definition) is 1. The van der Waals surface area contributed by atoms with E-state index >= 15 is 0 Å². The van der Waals surface area contributed by atoms with Crippen molar-refractivity contribution >= 4 is 5.91 Å². The van der Waals surface area contributed by atoms with Gasteiger partial charge in [0.05, 0.1) is 19.8 Å². The highest BCUT2D eigenvalue weighted by Gasteiger charge is 2.14. The zero-order valence-corrected chi connectivity index (χ0v) is 10.8. The molecule has 1 rings (SSSR count). The molecule has 1 aromatic rings. The van der Waals surface area contributed by atoms with Gasteiger partial charge in [0, 0.05) is 6.54 Å². The van der Waals surface area contributed by atoms with Gasteiger partial charge in [0.2, 0.25) is 0 Å². The molecule has 0 atom stereocenters. The Kier molecular flexibility index (Phi) is 4.82. The molecule has 1 N–H and O–H groups in total. The van der Waals surface area contributed by atoms with E-state index in [1.165, 1.54) is 0 Å². The first-order chi connectivity index (χ1) is 8.13. The lowest BCUT2D eigenvalue weighted by atomic mass is 10.1. The molecule has 0 aliphatic heterocycles. The number of nitrogens with one attached hydrogen (secondary N) is 1. The first-order valence-electron chi connectivity index (χ1n) is 5.64. The van der Waals surface area contributed by atoms with E-state index in [-0.39, 0.29) is 5.91 Å². The SMILES string of the molecule is CCCNC(=O)c1cc(OC)c(C)cc1OC. The summed E-state index contributed by atoms with van der Waals surface area (Å²) < 4.78 is 10.4. The van der Waals surface area contributed by atoms with Crippen LogP contribution in [0.3, 0.4) is 0 Å². The number of aryl methyl sites for hydroxylation is 1. The Morgan fingerprint density at radius 2 is 1.88 bits per heavy atom. The third-order valence-electron chi connectivity index (χ3n) is 2.50. The van der Waals surface area contributed by atoms with Crippen molar-refractivity contribution in [1.29, 1.82) is 0 Å². The number of hydrogen-bond acceptors (Lipinski definition) is 3. The van der Waals surface area contributed by atoms with Gasteiger partial charge in [-0.15, -0.1) is 0 Å². The molecule has 4 heteroatoms. The molecular formula is C13H19NO3. The van der Waals surface area contributed by atoms with Crippen LogP contribution in [-0.4, -0.2) is 26.7 Å². The van der Waals surface area contributed by atoms with E-state index in [0.29, 0.717) is 23.6 Å². The maximum Gasteiger partial charge on any atom is 0.255 e. The Morgan fingerprint density at radius 1 is 1.24 bits per heavy atom. The fourth-order valence-electron chi connectivity index (χ4n) is 1.56. The minimum atomic E-state index is -0.137. The summed E-state index contributed by atoms with van der Waals surface area (Å²) >= 11 is 0. The van der Waals surface area contributed by atoms with E-state index in [1.807, 2.05) is 13.8 Å². The topological polar surface area (TPSA) is 47.6 Å². The summed E-state index contributed by atoms with van der Waals surface area (Å²) in [6, 6.07) is 3.51. The van der Waals surface area contributed by atoms with Gasteiger partial charge in [0.25, 0.3) is 5.91 Å². The van der Waals surface area contributed by atoms with Crippen LogP contribution in [0.25, 0.3) is 0 Å². The van der Waals surface area contributed by atoms with Crippen molar-refractivity contribution in [2.45, 2.75) is 20.3 Å². The number of benzene rings is 1. The van der Waals surface area contributed by atoms with Crippen molar-refractivity contribution in [2.75, 3.05) is 20.8 Å². The first kappa shape index (κ1) is 13.4. The number of rotatable bonds is 5. The van der Waals surface area contributed by atoms with E-state index < -0.39 is 0 Å². The predicted octanol–water partition coefficient (Wildman–Crippen LogP) is 2.15. The normalized spacial score (nSPS) is 9.88. The molecule has 1 aromatic carbocycles. The molecule has 0 aromatic heterocycles. The van der Waals surface area contributed by atoms with Crippen molar-refractivity contribution in [3.05, 3.63) is 23.3 Å². The van der Waals surface area contributed by atoms with Crippen molar-refractivity contribution in [3.63, 3.8) is 0 Å². The zero-order chi connectivity index (χ0) is 12.8. The van der Waals surface area contributed by atoms with Gasteiger partial charge in [-0.25, -0.2) is 0 Å². The fraction of sp³-hybridized carbons (Fsp3) is 0.462. The summed E-state index contributed by atoms with van der Waals surface area (Å²) in [7, 11) is 3.14. The highest BCUT2D eigenvalue weighted by molar-refractivity contribution is 5.97. The van der Waals surface area contributed by atoms with Gasteiger partial charge in [-0.3, -0.25) is 4.79 Å². The third kappa shape index (κ3) is 3.12. The molecule has 94 valence electrons. The summed E-state index contributed by atoms with van der Waals surface area (Å²) in [6.45, 7) is 4.57. The molecule has 1 amide bonds. The molecule has 0 radical (unpaired) electrons. The molecule has 0 saturated heterocycles. The Bertz CT molecular complexity index is 402. The summed E-state index contributed by atoms with van der Waals surface area (Å²) in [5.74, 6) is 1.12. The second-order valence-electron chi connectivity index (χ2n) is 3.78. The van der Waals surface area contributed by atoms with Crippen LogP contribution >= 0.6 is 0 Å². The number of amides is 1. The van der Waals surface area contributed by atoms with Crippen LogP contribution in [-0.2, 0) is 0 Å². The quantitative estimate of drug-likeness (QED) is 0.853. The summed E-state index contributed by atoms with van der Waals surface area (Å²) in [5, 5.41) is 2.82.